The second-order valence-corrected chi connectivity index (χ2v) is 7.09. The van der Waals surface area contributed by atoms with Crippen molar-refractivity contribution < 1.29 is 4.79 Å². The van der Waals surface area contributed by atoms with E-state index in [1.165, 1.54) is 16.5 Å². The molecule has 0 unspecified atom stereocenters. The number of amides is 1. The highest BCUT2D eigenvalue weighted by Crippen LogP contribution is 2.53. The number of carbonyl (C=O) groups is 1. The van der Waals surface area contributed by atoms with Gasteiger partial charge in [0.2, 0.25) is 5.91 Å². The van der Waals surface area contributed by atoms with Gasteiger partial charge in [-0.1, -0.05) is 36.4 Å². The van der Waals surface area contributed by atoms with E-state index in [2.05, 4.69) is 48.3 Å². The standard InChI is InChI=1S/C21H20N2O/c1-14-19(16-7-3-4-8-17(16)22-14)21(11-12-21)20(24)23-13-10-15-6-2-5-9-18(15)23/h2-9,22H,10-13H2,1H3. The maximum atomic E-state index is 13.5. The van der Waals surface area contributed by atoms with Gasteiger partial charge in [0.15, 0.2) is 0 Å². The molecule has 2 aliphatic rings. The number of aromatic amines is 1. The topological polar surface area (TPSA) is 36.1 Å². The monoisotopic (exact) mass is 316 g/mol. The van der Waals surface area contributed by atoms with E-state index in [0.29, 0.717) is 0 Å². The van der Waals surface area contributed by atoms with Crippen molar-refractivity contribution in [3.8, 4) is 0 Å². The van der Waals surface area contributed by atoms with E-state index < -0.39 is 0 Å². The first-order valence-corrected chi connectivity index (χ1v) is 8.68. The second kappa shape index (κ2) is 4.73. The summed E-state index contributed by atoms with van der Waals surface area (Å²) in [5.74, 6) is 0.278. The van der Waals surface area contributed by atoms with Gasteiger partial charge in [0.1, 0.15) is 0 Å². The first kappa shape index (κ1) is 13.8. The Morgan fingerprint density at radius 3 is 2.67 bits per heavy atom. The van der Waals surface area contributed by atoms with E-state index in [1.807, 2.05) is 17.0 Å². The van der Waals surface area contributed by atoms with E-state index in [-0.39, 0.29) is 11.3 Å². The Balaban J connectivity index is 1.61. The van der Waals surface area contributed by atoms with Crippen LogP contribution in [0.5, 0.6) is 0 Å². The number of hydrogen-bond acceptors (Lipinski definition) is 1. The SMILES string of the molecule is Cc1[nH]c2ccccc2c1C1(C(=O)N2CCc3ccccc32)CC1. The van der Waals surface area contributed by atoms with Crippen LogP contribution in [0.3, 0.4) is 0 Å². The van der Waals surface area contributed by atoms with Gasteiger partial charge in [-0.2, -0.15) is 0 Å². The molecule has 0 spiro atoms. The lowest BCUT2D eigenvalue weighted by molar-refractivity contribution is -0.120. The number of fused-ring (bicyclic) bond motifs is 2. The fraction of sp³-hybridized carbons (Fsp3) is 0.286. The van der Waals surface area contributed by atoms with Gasteiger partial charge < -0.3 is 9.88 Å². The molecule has 1 aliphatic carbocycles. The number of benzene rings is 2. The number of aryl methyl sites for hydroxylation is 1. The number of aromatic nitrogens is 1. The molecule has 1 fully saturated rings. The van der Waals surface area contributed by atoms with Crippen molar-refractivity contribution in [1.82, 2.24) is 4.98 Å². The molecule has 0 atom stereocenters. The smallest absolute Gasteiger partial charge is 0.237 e. The van der Waals surface area contributed by atoms with Crippen molar-refractivity contribution in [2.75, 3.05) is 11.4 Å². The third kappa shape index (κ3) is 1.75. The first-order valence-electron chi connectivity index (χ1n) is 8.68. The largest absolute Gasteiger partial charge is 0.358 e. The van der Waals surface area contributed by atoms with E-state index in [4.69, 9.17) is 0 Å². The van der Waals surface area contributed by atoms with Gasteiger partial charge >= 0.3 is 0 Å². The van der Waals surface area contributed by atoms with Gasteiger partial charge in [0.25, 0.3) is 0 Å². The number of para-hydroxylation sites is 2. The maximum absolute atomic E-state index is 13.5. The van der Waals surface area contributed by atoms with Crippen LogP contribution in [0.4, 0.5) is 5.69 Å². The summed E-state index contributed by atoms with van der Waals surface area (Å²) in [4.78, 5) is 19.0. The van der Waals surface area contributed by atoms with Crippen molar-refractivity contribution in [2.24, 2.45) is 0 Å². The number of H-pyrrole nitrogens is 1. The fourth-order valence-electron chi connectivity index (χ4n) is 4.40. The minimum atomic E-state index is -0.332. The van der Waals surface area contributed by atoms with Crippen LogP contribution in [0.1, 0.15) is 29.7 Å². The van der Waals surface area contributed by atoms with E-state index in [0.717, 1.165) is 42.7 Å². The number of hydrogen-bond donors (Lipinski definition) is 1. The van der Waals surface area contributed by atoms with Crippen LogP contribution in [0, 0.1) is 6.92 Å². The van der Waals surface area contributed by atoms with Gasteiger partial charge in [0, 0.05) is 28.8 Å². The quantitative estimate of drug-likeness (QED) is 0.759. The molecule has 2 heterocycles. The van der Waals surface area contributed by atoms with Crippen LogP contribution in [0.25, 0.3) is 10.9 Å². The molecule has 3 nitrogen and oxygen atoms in total. The van der Waals surface area contributed by atoms with Gasteiger partial charge in [-0.05, 0) is 49.4 Å². The zero-order valence-corrected chi connectivity index (χ0v) is 13.8. The molecule has 0 radical (unpaired) electrons. The minimum Gasteiger partial charge on any atom is -0.358 e. The summed E-state index contributed by atoms with van der Waals surface area (Å²) in [6.45, 7) is 2.90. The van der Waals surface area contributed by atoms with Crippen LogP contribution >= 0.6 is 0 Å². The van der Waals surface area contributed by atoms with E-state index in [1.54, 1.807) is 0 Å². The molecule has 1 aromatic heterocycles. The highest BCUT2D eigenvalue weighted by molar-refractivity contribution is 6.07. The lowest BCUT2D eigenvalue weighted by Crippen LogP contribution is -2.38. The summed E-state index contributed by atoms with van der Waals surface area (Å²) in [6, 6.07) is 16.6. The lowest BCUT2D eigenvalue weighted by atomic mass is 9.91. The summed E-state index contributed by atoms with van der Waals surface area (Å²) in [5, 5.41) is 1.20. The molecule has 0 saturated heterocycles. The van der Waals surface area contributed by atoms with Crippen molar-refractivity contribution in [1.29, 1.82) is 0 Å². The summed E-state index contributed by atoms with van der Waals surface area (Å²) in [7, 11) is 0. The van der Waals surface area contributed by atoms with Gasteiger partial charge in [-0.25, -0.2) is 0 Å². The van der Waals surface area contributed by atoms with Crippen molar-refractivity contribution >= 4 is 22.5 Å². The average Bonchev–Trinajstić information content (AvgIpc) is 3.15. The number of nitrogens with zero attached hydrogens (tertiary/aromatic N) is 1. The summed E-state index contributed by atoms with van der Waals surface area (Å²) in [5.41, 5.74) is 5.54. The Hall–Kier alpha value is -2.55. The van der Waals surface area contributed by atoms with Crippen LogP contribution in [0.2, 0.25) is 0 Å². The molecule has 120 valence electrons. The minimum absolute atomic E-state index is 0.278. The van der Waals surface area contributed by atoms with Crippen LogP contribution in [0.15, 0.2) is 48.5 Å². The molecule has 3 aromatic rings. The molecule has 1 N–H and O–H groups in total. The predicted octanol–water partition coefficient (Wildman–Crippen LogP) is 4.10. The van der Waals surface area contributed by atoms with Crippen molar-refractivity contribution in [3.63, 3.8) is 0 Å². The second-order valence-electron chi connectivity index (χ2n) is 7.09. The summed E-state index contributed by atoms with van der Waals surface area (Å²) in [6.07, 6.45) is 2.87. The molecule has 0 bridgehead atoms. The maximum Gasteiger partial charge on any atom is 0.237 e. The van der Waals surface area contributed by atoms with Crippen molar-refractivity contribution in [2.45, 2.75) is 31.6 Å². The molecule has 24 heavy (non-hydrogen) atoms. The van der Waals surface area contributed by atoms with E-state index in [9.17, 15) is 4.79 Å². The Bertz CT molecular complexity index is 965. The Morgan fingerprint density at radius 2 is 1.83 bits per heavy atom. The number of carbonyl (C=O) groups excluding carboxylic acids is 1. The Labute approximate surface area is 141 Å². The van der Waals surface area contributed by atoms with Crippen LogP contribution in [-0.2, 0) is 16.6 Å². The van der Waals surface area contributed by atoms with Gasteiger partial charge in [0.05, 0.1) is 5.41 Å². The predicted molar refractivity (Wildman–Crippen MR) is 96.4 cm³/mol. The highest BCUT2D eigenvalue weighted by atomic mass is 16.2. The first-order chi connectivity index (χ1) is 11.7. The third-order valence-corrected chi connectivity index (χ3v) is 5.66. The summed E-state index contributed by atoms with van der Waals surface area (Å²) < 4.78 is 0. The highest BCUT2D eigenvalue weighted by Gasteiger charge is 2.55. The normalized spacial score (nSPS) is 18.0. The molecule has 3 heteroatoms. The molecule has 2 aromatic carbocycles. The van der Waals surface area contributed by atoms with E-state index >= 15 is 0 Å². The number of anilines is 1. The average molecular weight is 316 g/mol. The zero-order valence-electron chi connectivity index (χ0n) is 13.8. The Morgan fingerprint density at radius 1 is 1.08 bits per heavy atom. The van der Waals surface area contributed by atoms with Gasteiger partial charge in [-0.15, -0.1) is 0 Å². The molecular formula is C21H20N2O. The molecule has 5 rings (SSSR count). The fourth-order valence-corrected chi connectivity index (χ4v) is 4.40. The summed E-state index contributed by atoms with van der Waals surface area (Å²) >= 11 is 0. The number of rotatable bonds is 2. The number of nitrogens with one attached hydrogen (secondary N) is 1. The molecule has 1 aliphatic heterocycles. The lowest BCUT2D eigenvalue weighted by Gasteiger charge is -2.24. The van der Waals surface area contributed by atoms with Crippen LogP contribution in [-0.4, -0.2) is 17.4 Å². The molecule has 1 amide bonds. The van der Waals surface area contributed by atoms with Crippen LogP contribution < -0.4 is 4.90 Å². The third-order valence-electron chi connectivity index (χ3n) is 5.66. The molecular weight excluding hydrogens is 296 g/mol. The molecule has 1 saturated carbocycles. The van der Waals surface area contributed by atoms with Gasteiger partial charge in [-0.3, -0.25) is 4.79 Å². The zero-order chi connectivity index (χ0) is 16.3. The van der Waals surface area contributed by atoms with Crippen molar-refractivity contribution in [3.05, 3.63) is 65.4 Å². The Kier molecular flexibility index (Phi) is 2.73.